The van der Waals surface area contributed by atoms with Gasteiger partial charge in [-0.1, -0.05) is 18.0 Å². The van der Waals surface area contributed by atoms with E-state index in [1.807, 2.05) is 6.07 Å². The zero-order valence-corrected chi connectivity index (χ0v) is 12.7. The van der Waals surface area contributed by atoms with E-state index in [1.165, 1.54) is 0 Å². The summed E-state index contributed by atoms with van der Waals surface area (Å²) in [5, 5.41) is 6.19. The third kappa shape index (κ3) is 3.39. The van der Waals surface area contributed by atoms with E-state index in [2.05, 4.69) is 20.6 Å². The van der Waals surface area contributed by atoms with Crippen molar-refractivity contribution in [3.8, 4) is 0 Å². The van der Waals surface area contributed by atoms with Gasteiger partial charge in [-0.2, -0.15) is 0 Å². The van der Waals surface area contributed by atoms with Gasteiger partial charge in [0, 0.05) is 11.4 Å². The Balaban J connectivity index is 1.62. The van der Waals surface area contributed by atoms with Crippen molar-refractivity contribution in [3.05, 3.63) is 29.0 Å². The highest BCUT2D eigenvalue weighted by molar-refractivity contribution is 6.31. The minimum absolute atomic E-state index is 0.0592. The Hall–Kier alpha value is -2.08. The maximum Gasteiger partial charge on any atom is 0.242 e. The van der Waals surface area contributed by atoms with Crippen molar-refractivity contribution in [3.63, 3.8) is 0 Å². The van der Waals surface area contributed by atoms with E-state index in [4.69, 9.17) is 11.6 Å². The lowest BCUT2D eigenvalue weighted by molar-refractivity contribution is -0.128. The van der Waals surface area contributed by atoms with Gasteiger partial charge in [0.1, 0.15) is 11.9 Å². The fourth-order valence-electron chi connectivity index (χ4n) is 2.58. The summed E-state index contributed by atoms with van der Waals surface area (Å²) < 4.78 is 0. The van der Waals surface area contributed by atoms with Gasteiger partial charge in [0.25, 0.3) is 0 Å². The van der Waals surface area contributed by atoms with Crippen LogP contribution in [0.15, 0.2) is 18.2 Å². The fourth-order valence-corrected chi connectivity index (χ4v) is 2.75. The number of nitrogens with one attached hydrogen (secondary N) is 3. The summed E-state index contributed by atoms with van der Waals surface area (Å²) in [5.74, 6) is 0.426. The largest absolute Gasteiger partial charge is 0.347 e. The molecule has 6 nitrogen and oxygen atoms in total. The quantitative estimate of drug-likeness (QED) is 0.807. The summed E-state index contributed by atoms with van der Waals surface area (Å²) in [6, 6.07) is 4.94. The van der Waals surface area contributed by atoms with Crippen LogP contribution in [0.3, 0.4) is 0 Å². The van der Waals surface area contributed by atoms with Crippen molar-refractivity contribution in [2.45, 2.75) is 38.3 Å². The molecule has 1 aliphatic heterocycles. The fraction of sp³-hybridized carbons (Fsp3) is 0.400. The molecule has 1 saturated heterocycles. The predicted molar refractivity (Wildman–Crippen MR) is 83.3 cm³/mol. The molecule has 1 unspecified atom stereocenters. The van der Waals surface area contributed by atoms with Crippen LogP contribution in [0, 0.1) is 0 Å². The van der Waals surface area contributed by atoms with Gasteiger partial charge in [-0.05, 0) is 31.0 Å². The standard InChI is InChI=1S/C15H17ClN4O2/c16-9-5-6-10-12(7-9)19-13(18-10)8-17-15(22)11-3-1-2-4-14(21)20-11/h5-7,11H,1-4,8H2,(H,17,22)(H,18,19)(H,20,21). The molecule has 0 aliphatic carbocycles. The van der Waals surface area contributed by atoms with Crippen LogP contribution in [0.4, 0.5) is 0 Å². The van der Waals surface area contributed by atoms with Crippen LogP contribution in [0.2, 0.25) is 5.02 Å². The first-order valence-electron chi connectivity index (χ1n) is 7.33. The smallest absolute Gasteiger partial charge is 0.242 e. The maximum absolute atomic E-state index is 12.2. The molecule has 2 amide bonds. The maximum atomic E-state index is 12.2. The predicted octanol–water partition coefficient (Wildman–Crippen LogP) is 1.89. The molecule has 0 spiro atoms. The minimum atomic E-state index is -0.450. The number of hydrogen-bond acceptors (Lipinski definition) is 3. The Morgan fingerprint density at radius 1 is 1.41 bits per heavy atom. The summed E-state index contributed by atoms with van der Waals surface area (Å²) in [6.45, 7) is 0.289. The molecule has 7 heteroatoms. The second kappa shape index (κ2) is 6.36. The molecule has 3 rings (SSSR count). The molecule has 2 heterocycles. The van der Waals surface area contributed by atoms with Crippen molar-refractivity contribution in [2.24, 2.45) is 0 Å². The van der Waals surface area contributed by atoms with E-state index < -0.39 is 6.04 Å². The van der Waals surface area contributed by atoms with Gasteiger partial charge in [0.05, 0.1) is 17.6 Å². The number of H-pyrrole nitrogens is 1. The Labute approximate surface area is 132 Å². The number of aromatic nitrogens is 2. The Morgan fingerprint density at radius 2 is 2.27 bits per heavy atom. The number of rotatable bonds is 3. The van der Waals surface area contributed by atoms with Crippen LogP contribution < -0.4 is 10.6 Å². The Morgan fingerprint density at radius 3 is 3.14 bits per heavy atom. The number of imidazole rings is 1. The molecule has 3 N–H and O–H groups in total. The lowest BCUT2D eigenvalue weighted by Crippen LogP contribution is -2.45. The van der Waals surface area contributed by atoms with Crippen molar-refractivity contribution in [1.29, 1.82) is 0 Å². The first-order chi connectivity index (χ1) is 10.6. The van der Waals surface area contributed by atoms with E-state index in [-0.39, 0.29) is 18.4 Å². The summed E-state index contributed by atoms with van der Waals surface area (Å²) in [7, 11) is 0. The summed E-state index contributed by atoms with van der Waals surface area (Å²) in [5.41, 5.74) is 1.64. The number of benzene rings is 1. The van der Waals surface area contributed by atoms with Gasteiger partial charge < -0.3 is 15.6 Å². The molecule has 1 fully saturated rings. The molecular weight excluding hydrogens is 304 g/mol. The van der Waals surface area contributed by atoms with E-state index in [0.29, 0.717) is 23.7 Å². The highest BCUT2D eigenvalue weighted by Crippen LogP contribution is 2.17. The van der Waals surface area contributed by atoms with Gasteiger partial charge in [-0.15, -0.1) is 0 Å². The van der Waals surface area contributed by atoms with Crippen molar-refractivity contribution in [1.82, 2.24) is 20.6 Å². The molecule has 22 heavy (non-hydrogen) atoms. The highest BCUT2D eigenvalue weighted by Gasteiger charge is 2.22. The molecule has 1 aromatic carbocycles. The van der Waals surface area contributed by atoms with Crippen LogP contribution >= 0.6 is 11.6 Å². The van der Waals surface area contributed by atoms with Crippen molar-refractivity contribution < 1.29 is 9.59 Å². The molecular formula is C15H17ClN4O2. The van der Waals surface area contributed by atoms with Gasteiger partial charge >= 0.3 is 0 Å². The molecule has 1 aliphatic rings. The van der Waals surface area contributed by atoms with E-state index in [0.717, 1.165) is 23.9 Å². The van der Waals surface area contributed by atoms with E-state index in [1.54, 1.807) is 12.1 Å². The normalized spacial score (nSPS) is 18.8. The van der Waals surface area contributed by atoms with Crippen LogP contribution in [-0.2, 0) is 16.1 Å². The monoisotopic (exact) mass is 320 g/mol. The SMILES string of the molecule is O=C1CCCCC(C(=O)NCc2nc3ccc(Cl)cc3[nH]2)N1. The summed E-state index contributed by atoms with van der Waals surface area (Å²) >= 11 is 5.93. The molecule has 0 bridgehead atoms. The second-order valence-electron chi connectivity index (χ2n) is 5.43. The number of nitrogens with zero attached hydrogens (tertiary/aromatic N) is 1. The molecule has 2 aromatic rings. The van der Waals surface area contributed by atoms with E-state index >= 15 is 0 Å². The number of fused-ring (bicyclic) bond motifs is 1. The van der Waals surface area contributed by atoms with Crippen LogP contribution in [0.25, 0.3) is 11.0 Å². The second-order valence-corrected chi connectivity index (χ2v) is 5.87. The third-order valence-electron chi connectivity index (χ3n) is 3.72. The minimum Gasteiger partial charge on any atom is -0.347 e. The van der Waals surface area contributed by atoms with Gasteiger partial charge in [-0.3, -0.25) is 9.59 Å². The number of amides is 2. The Bertz CT molecular complexity index is 713. The average Bonchev–Trinajstić information content (AvgIpc) is 2.76. The van der Waals surface area contributed by atoms with Crippen molar-refractivity contribution >= 4 is 34.4 Å². The van der Waals surface area contributed by atoms with Crippen LogP contribution in [-0.4, -0.2) is 27.8 Å². The zero-order valence-electron chi connectivity index (χ0n) is 12.0. The number of hydrogen-bond donors (Lipinski definition) is 3. The molecule has 1 atom stereocenters. The number of carbonyl (C=O) groups excluding carboxylic acids is 2. The Kier molecular flexibility index (Phi) is 4.29. The van der Waals surface area contributed by atoms with Gasteiger partial charge in [0.2, 0.25) is 11.8 Å². The van der Waals surface area contributed by atoms with E-state index in [9.17, 15) is 9.59 Å². The number of aromatic amines is 1. The molecule has 116 valence electrons. The molecule has 1 aromatic heterocycles. The molecule has 0 radical (unpaired) electrons. The number of halogens is 1. The lowest BCUT2D eigenvalue weighted by atomic mass is 10.1. The molecule has 0 saturated carbocycles. The van der Waals surface area contributed by atoms with Gasteiger partial charge in [0.15, 0.2) is 0 Å². The topological polar surface area (TPSA) is 86.9 Å². The van der Waals surface area contributed by atoms with Crippen LogP contribution in [0.5, 0.6) is 0 Å². The first-order valence-corrected chi connectivity index (χ1v) is 7.71. The zero-order chi connectivity index (χ0) is 15.5. The van der Waals surface area contributed by atoms with Crippen LogP contribution in [0.1, 0.15) is 31.5 Å². The lowest BCUT2D eigenvalue weighted by Gasteiger charge is -2.14. The van der Waals surface area contributed by atoms with Gasteiger partial charge in [-0.25, -0.2) is 4.98 Å². The third-order valence-corrected chi connectivity index (χ3v) is 3.96. The number of carbonyl (C=O) groups is 2. The van der Waals surface area contributed by atoms with Crippen molar-refractivity contribution in [2.75, 3.05) is 0 Å². The summed E-state index contributed by atoms with van der Waals surface area (Å²) in [4.78, 5) is 31.2. The first kappa shape index (κ1) is 14.8. The summed E-state index contributed by atoms with van der Waals surface area (Å²) in [6.07, 6.45) is 2.88. The highest BCUT2D eigenvalue weighted by atomic mass is 35.5. The average molecular weight is 321 g/mol.